The number of hydrogen-bond acceptors (Lipinski definition) is 5. The van der Waals surface area contributed by atoms with Crippen molar-refractivity contribution >= 4 is 11.5 Å². The maximum atomic E-state index is 12.0. The minimum Gasteiger partial charge on any atom is -0.385 e. The number of aryl methyl sites for hydroxylation is 1. The third-order valence-electron chi connectivity index (χ3n) is 2.06. The quantitative estimate of drug-likeness (QED) is 0.605. The molecule has 8 heteroatoms. The van der Waals surface area contributed by atoms with Crippen LogP contribution >= 0.6 is 0 Å². The lowest BCUT2D eigenvalue weighted by Crippen LogP contribution is -2.27. The first-order valence-electron chi connectivity index (χ1n) is 4.73. The smallest absolute Gasteiger partial charge is 0.290 e. The van der Waals surface area contributed by atoms with Crippen molar-refractivity contribution < 1.29 is 18.8 Å². The van der Waals surface area contributed by atoms with Crippen LogP contribution in [0.25, 0.3) is 0 Å². The molecule has 0 saturated heterocycles. The van der Waals surface area contributed by atoms with Gasteiger partial charge in [0.05, 0.1) is 4.92 Å². The van der Waals surface area contributed by atoms with Crippen LogP contribution in [0.2, 0.25) is 0 Å². The van der Waals surface area contributed by atoms with Crippen LogP contribution in [0.3, 0.4) is 0 Å². The van der Waals surface area contributed by atoms with Gasteiger partial charge in [-0.1, -0.05) is 0 Å². The molecule has 1 aromatic heterocycles. The Bertz CT molecular complexity index is 414. The van der Waals surface area contributed by atoms with Crippen molar-refractivity contribution in [1.82, 2.24) is 4.98 Å². The zero-order valence-electron chi connectivity index (χ0n) is 8.93. The van der Waals surface area contributed by atoms with Crippen LogP contribution in [-0.2, 0) is 0 Å². The van der Waals surface area contributed by atoms with Crippen LogP contribution in [0.4, 0.5) is 20.3 Å². The number of aromatic nitrogens is 1. The maximum absolute atomic E-state index is 12.0. The lowest BCUT2D eigenvalue weighted by Gasteiger charge is -2.11. The van der Waals surface area contributed by atoms with Gasteiger partial charge in [0.25, 0.3) is 12.1 Å². The van der Waals surface area contributed by atoms with E-state index in [0.717, 1.165) is 6.20 Å². The lowest BCUT2D eigenvalue weighted by atomic mass is 10.2. The normalized spacial score (nSPS) is 12.5. The summed E-state index contributed by atoms with van der Waals surface area (Å²) in [5.74, 6) is 0.202. The molecule has 0 aromatic carbocycles. The van der Waals surface area contributed by atoms with E-state index < -0.39 is 17.5 Å². The molecule has 0 aliphatic carbocycles. The zero-order chi connectivity index (χ0) is 13.0. The number of hydrogen-bond donors (Lipinski definition) is 2. The van der Waals surface area contributed by atoms with E-state index in [2.05, 4.69) is 10.3 Å². The van der Waals surface area contributed by atoms with E-state index in [9.17, 15) is 18.9 Å². The molecule has 0 amide bonds. The van der Waals surface area contributed by atoms with Crippen molar-refractivity contribution in [2.45, 2.75) is 19.5 Å². The predicted molar refractivity (Wildman–Crippen MR) is 56.1 cm³/mol. The molecular formula is C9H11F2N3O3. The van der Waals surface area contributed by atoms with Crippen LogP contribution in [0, 0.1) is 17.0 Å². The molecule has 6 nitrogen and oxygen atoms in total. The highest BCUT2D eigenvalue weighted by molar-refractivity contribution is 5.46. The molecule has 0 aliphatic heterocycles. The van der Waals surface area contributed by atoms with Crippen LogP contribution in [-0.4, -0.2) is 34.1 Å². The molecule has 1 aromatic rings. The van der Waals surface area contributed by atoms with Crippen molar-refractivity contribution in [3.05, 3.63) is 27.9 Å². The van der Waals surface area contributed by atoms with Crippen molar-refractivity contribution in [1.29, 1.82) is 0 Å². The molecule has 0 aliphatic rings. The van der Waals surface area contributed by atoms with Gasteiger partial charge in [0, 0.05) is 12.1 Å². The SMILES string of the molecule is Cc1cc(NCC(O)C(F)F)ncc1[N+](=O)[O-]. The van der Waals surface area contributed by atoms with Crippen LogP contribution in [0.1, 0.15) is 5.56 Å². The molecule has 0 saturated carbocycles. The second kappa shape index (κ2) is 5.48. The molecular weight excluding hydrogens is 236 g/mol. The van der Waals surface area contributed by atoms with Crippen molar-refractivity contribution in [3.63, 3.8) is 0 Å². The van der Waals surface area contributed by atoms with Crippen LogP contribution in [0.15, 0.2) is 12.3 Å². The summed E-state index contributed by atoms with van der Waals surface area (Å²) < 4.78 is 24.0. The summed E-state index contributed by atoms with van der Waals surface area (Å²) >= 11 is 0. The van der Waals surface area contributed by atoms with E-state index in [4.69, 9.17) is 5.11 Å². The van der Waals surface area contributed by atoms with Crippen LogP contribution in [0.5, 0.6) is 0 Å². The van der Waals surface area contributed by atoms with Gasteiger partial charge in [0.2, 0.25) is 0 Å². The molecule has 0 spiro atoms. The number of nitro groups is 1. The number of nitrogens with zero attached hydrogens (tertiary/aromatic N) is 2. The fourth-order valence-electron chi connectivity index (χ4n) is 1.13. The van der Waals surface area contributed by atoms with E-state index in [1.165, 1.54) is 13.0 Å². The Morgan fingerprint density at radius 1 is 1.65 bits per heavy atom. The highest BCUT2D eigenvalue weighted by Gasteiger charge is 2.17. The van der Waals surface area contributed by atoms with Gasteiger partial charge in [0.1, 0.15) is 18.1 Å². The highest BCUT2D eigenvalue weighted by Crippen LogP contribution is 2.18. The Morgan fingerprint density at radius 2 is 2.29 bits per heavy atom. The van der Waals surface area contributed by atoms with Gasteiger partial charge >= 0.3 is 0 Å². The maximum Gasteiger partial charge on any atom is 0.290 e. The van der Waals surface area contributed by atoms with Gasteiger partial charge in [-0.2, -0.15) is 0 Å². The molecule has 1 unspecified atom stereocenters. The first kappa shape index (κ1) is 13.2. The molecule has 0 bridgehead atoms. The molecule has 0 fully saturated rings. The summed E-state index contributed by atoms with van der Waals surface area (Å²) in [7, 11) is 0. The highest BCUT2D eigenvalue weighted by atomic mass is 19.3. The summed E-state index contributed by atoms with van der Waals surface area (Å²) in [6, 6.07) is 1.36. The van der Waals surface area contributed by atoms with E-state index in [1.54, 1.807) is 0 Å². The number of anilines is 1. The van der Waals surface area contributed by atoms with E-state index in [0.29, 0.717) is 5.56 Å². The summed E-state index contributed by atoms with van der Waals surface area (Å²) in [5, 5.41) is 21.8. The zero-order valence-corrected chi connectivity index (χ0v) is 8.93. The number of aliphatic hydroxyl groups is 1. The minimum absolute atomic E-state index is 0.148. The summed E-state index contributed by atoms with van der Waals surface area (Å²) in [6.45, 7) is 1.14. The number of nitrogens with one attached hydrogen (secondary N) is 1. The van der Waals surface area contributed by atoms with Gasteiger partial charge in [-0.25, -0.2) is 13.8 Å². The second-order valence-electron chi connectivity index (χ2n) is 3.40. The van der Waals surface area contributed by atoms with Crippen LogP contribution < -0.4 is 5.32 Å². The summed E-state index contributed by atoms with van der Waals surface area (Å²) in [5.41, 5.74) is 0.212. The van der Waals surface area contributed by atoms with Gasteiger partial charge in [-0.3, -0.25) is 10.1 Å². The van der Waals surface area contributed by atoms with E-state index in [1.807, 2.05) is 0 Å². The molecule has 94 valence electrons. The Hall–Kier alpha value is -1.83. The van der Waals surface area contributed by atoms with Gasteiger partial charge in [-0.05, 0) is 13.0 Å². The van der Waals surface area contributed by atoms with E-state index >= 15 is 0 Å². The van der Waals surface area contributed by atoms with Gasteiger partial charge in [-0.15, -0.1) is 0 Å². The monoisotopic (exact) mass is 247 g/mol. The number of alkyl halides is 2. The molecule has 1 rings (SSSR count). The Labute approximate surface area is 95.4 Å². The van der Waals surface area contributed by atoms with Gasteiger partial charge < -0.3 is 10.4 Å². The largest absolute Gasteiger partial charge is 0.385 e. The molecule has 1 heterocycles. The topological polar surface area (TPSA) is 88.3 Å². The first-order chi connectivity index (χ1) is 7.91. The Morgan fingerprint density at radius 3 is 2.76 bits per heavy atom. The molecule has 17 heavy (non-hydrogen) atoms. The number of aliphatic hydroxyl groups excluding tert-OH is 1. The lowest BCUT2D eigenvalue weighted by molar-refractivity contribution is -0.385. The first-order valence-corrected chi connectivity index (χ1v) is 4.73. The second-order valence-corrected chi connectivity index (χ2v) is 3.40. The minimum atomic E-state index is -2.85. The van der Waals surface area contributed by atoms with Gasteiger partial charge in [0.15, 0.2) is 0 Å². The Balaban J connectivity index is 2.68. The average Bonchev–Trinajstić information content (AvgIpc) is 2.25. The fourth-order valence-corrected chi connectivity index (χ4v) is 1.13. The molecule has 0 radical (unpaired) electrons. The average molecular weight is 247 g/mol. The standard InChI is InChI=1S/C9H11F2N3O3/c1-5-2-8(12-3-6(5)14(16)17)13-4-7(15)9(10)11/h2-3,7,9,15H,4H2,1H3,(H,12,13). The third kappa shape index (κ3) is 3.59. The summed E-state index contributed by atoms with van der Waals surface area (Å²) in [6.07, 6.45) is -3.61. The molecule has 1 atom stereocenters. The van der Waals surface area contributed by atoms with E-state index in [-0.39, 0.29) is 18.1 Å². The van der Waals surface area contributed by atoms with Crippen molar-refractivity contribution in [2.24, 2.45) is 0 Å². The molecule has 2 N–H and O–H groups in total. The predicted octanol–water partition coefficient (Wildman–Crippen LogP) is 1.34. The Kier molecular flexibility index (Phi) is 4.27. The summed E-state index contributed by atoms with van der Waals surface area (Å²) in [4.78, 5) is 13.6. The third-order valence-corrected chi connectivity index (χ3v) is 2.06. The number of pyridine rings is 1. The number of halogens is 2. The fraction of sp³-hybridized carbons (Fsp3) is 0.444. The van der Waals surface area contributed by atoms with Crippen molar-refractivity contribution in [3.8, 4) is 0 Å². The van der Waals surface area contributed by atoms with Crippen molar-refractivity contribution in [2.75, 3.05) is 11.9 Å². The number of rotatable bonds is 5.